The predicted molar refractivity (Wildman–Crippen MR) is 72.6 cm³/mol. The molecule has 0 bridgehead atoms. The number of piperidine rings is 1. The summed E-state index contributed by atoms with van der Waals surface area (Å²) in [5.74, 6) is -1.08. The SMILES string of the molecule is CC1(C)CCCN(S(=O)(=O)c2cccs2)C1C(=O)O. The molecule has 19 heavy (non-hydrogen) atoms. The third-order valence-electron chi connectivity index (χ3n) is 3.52. The molecule has 5 nitrogen and oxygen atoms in total. The van der Waals surface area contributed by atoms with Crippen molar-refractivity contribution in [1.82, 2.24) is 4.31 Å². The van der Waals surface area contributed by atoms with Crippen LogP contribution in [-0.2, 0) is 14.8 Å². The van der Waals surface area contributed by atoms with Crippen LogP contribution in [0.2, 0.25) is 0 Å². The van der Waals surface area contributed by atoms with Crippen LogP contribution in [-0.4, -0.2) is 36.4 Å². The first-order chi connectivity index (χ1) is 8.77. The number of carbonyl (C=O) groups is 1. The average Bonchev–Trinajstić information content (AvgIpc) is 2.80. The fraction of sp³-hybridized carbons (Fsp3) is 0.583. The molecule has 1 N–H and O–H groups in total. The molecule has 1 atom stereocenters. The van der Waals surface area contributed by atoms with Crippen molar-refractivity contribution in [2.45, 2.75) is 36.9 Å². The van der Waals surface area contributed by atoms with Gasteiger partial charge < -0.3 is 5.11 Å². The maximum absolute atomic E-state index is 12.5. The molecule has 0 amide bonds. The third kappa shape index (κ3) is 2.54. The summed E-state index contributed by atoms with van der Waals surface area (Å²) in [6, 6.07) is 2.16. The van der Waals surface area contributed by atoms with E-state index in [1.54, 1.807) is 11.4 Å². The van der Waals surface area contributed by atoms with Crippen molar-refractivity contribution in [3.8, 4) is 0 Å². The lowest BCUT2D eigenvalue weighted by atomic mass is 9.77. The number of sulfonamides is 1. The van der Waals surface area contributed by atoms with Crippen molar-refractivity contribution in [2.75, 3.05) is 6.54 Å². The van der Waals surface area contributed by atoms with Gasteiger partial charge in [-0.25, -0.2) is 8.42 Å². The Morgan fingerprint density at radius 3 is 2.74 bits per heavy atom. The molecule has 2 heterocycles. The lowest BCUT2D eigenvalue weighted by Gasteiger charge is -2.42. The number of carboxylic acid groups (broad SMARTS) is 1. The number of thiophene rings is 1. The largest absolute Gasteiger partial charge is 0.480 e. The second-order valence-corrected chi connectivity index (χ2v) is 8.45. The van der Waals surface area contributed by atoms with Crippen molar-refractivity contribution >= 4 is 27.3 Å². The normalized spacial score (nSPS) is 24.2. The Kier molecular flexibility index (Phi) is 3.72. The van der Waals surface area contributed by atoms with Gasteiger partial charge in [-0.15, -0.1) is 11.3 Å². The highest BCUT2D eigenvalue weighted by molar-refractivity contribution is 7.91. The van der Waals surface area contributed by atoms with Crippen LogP contribution in [0.5, 0.6) is 0 Å². The summed E-state index contributed by atoms with van der Waals surface area (Å²) in [5.41, 5.74) is -0.561. The third-order valence-corrected chi connectivity index (χ3v) is 6.76. The average molecular weight is 303 g/mol. The van der Waals surface area contributed by atoms with Crippen LogP contribution in [0.1, 0.15) is 26.7 Å². The predicted octanol–water partition coefficient (Wildman–Crippen LogP) is 2.01. The number of rotatable bonds is 3. The first-order valence-corrected chi connectivity index (χ1v) is 8.37. The van der Waals surface area contributed by atoms with Crippen molar-refractivity contribution < 1.29 is 18.3 Å². The van der Waals surface area contributed by atoms with E-state index in [4.69, 9.17) is 0 Å². The lowest BCUT2D eigenvalue weighted by molar-refractivity contribution is -0.147. The number of hydrogen-bond donors (Lipinski definition) is 1. The van der Waals surface area contributed by atoms with Gasteiger partial charge in [0.2, 0.25) is 0 Å². The highest BCUT2D eigenvalue weighted by Crippen LogP contribution is 2.38. The molecular weight excluding hydrogens is 286 g/mol. The molecule has 7 heteroatoms. The number of carboxylic acids is 1. The van der Waals surface area contributed by atoms with E-state index in [0.29, 0.717) is 12.8 Å². The Bertz CT molecular complexity index is 563. The molecule has 1 saturated heterocycles. The standard InChI is InChI=1S/C12H17NO4S2/c1-12(2)6-4-7-13(10(12)11(14)15)19(16,17)9-5-3-8-18-9/h3,5,8,10H,4,6-7H2,1-2H3,(H,14,15). The van der Waals surface area contributed by atoms with E-state index in [1.165, 1.54) is 6.07 Å². The van der Waals surface area contributed by atoms with Crippen molar-refractivity contribution in [3.63, 3.8) is 0 Å². The molecule has 0 saturated carbocycles. The minimum absolute atomic E-state index is 0.205. The molecule has 1 aliphatic rings. The minimum Gasteiger partial charge on any atom is -0.480 e. The van der Waals surface area contributed by atoms with Crippen LogP contribution in [0, 0.1) is 5.41 Å². The summed E-state index contributed by atoms with van der Waals surface area (Å²) in [4.78, 5) is 11.5. The summed E-state index contributed by atoms with van der Waals surface area (Å²) in [6.07, 6.45) is 1.39. The number of nitrogens with zero attached hydrogens (tertiary/aromatic N) is 1. The zero-order valence-corrected chi connectivity index (χ0v) is 12.5. The monoisotopic (exact) mass is 303 g/mol. The molecule has 1 unspecified atom stereocenters. The van der Waals surface area contributed by atoms with E-state index in [9.17, 15) is 18.3 Å². The van der Waals surface area contributed by atoms with Crippen LogP contribution < -0.4 is 0 Å². The van der Waals surface area contributed by atoms with Gasteiger partial charge in [-0.2, -0.15) is 4.31 Å². The molecular formula is C12H17NO4S2. The van der Waals surface area contributed by atoms with Gasteiger partial charge in [0, 0.05) is 6.54 Å². The molecule has 1 fully saturated rings. The summed E-state index contributed by atoms with van der Waals surface area (Å²) < 4.78 is 26.4. The van der Waals surface area contributed by atoms with Crippen LogP contribution >= 0.6 is 11.3 Å². The van der Waals surface area contributed by atoms with Crippen LogP contribution in [0.15, 0.2) is 21.7 Å². The van der Waals surface area contributed by atoms with E-state index in [1.807, 2.05) is 13.8 Å². The molecule has 0 aromatic carbocycles. The molecule has 1 aliphatic heterocycles. The van der Waals surface area contributed by atoms with E-state index >= 15 is 0 Å². The fourth-order valence-corrected chi connectivity index (χ4v) is 5.48. The van der Waals surface area contributed by atoms with E-state index < -0.39 is 27.4 Å². The summed E-state index contributed by atoms with van der Waals surface area (Å²) in [7, 11) is -3.71. The summed E-state index contributed by atoms with van der Waals surface area (Å²) >= 11 is 1.11. The van der Waals surface area contributed by atoms with Crippen molar-refractivity contribution in [2.24, 2.45) is 5.41 Å². The number of aliphatic carboxylic acids is 1. The first-order valence-electron chi connectivity index (χ1n) is 6.05. The van der Waals surface area contributed by atoms with Gasteiger partial charge in [0.1, 0.15) is 10.3 Å². The highest BCUT2D eigenvalue weighted by Gasteiger charge is 2.47. The molecule has 0 aliphatic carbocycles. The molecule has 0 radical (unpaired) electrons. The molecule has 0 spiro atoms. The molecule has 1 aromatic rings. The van der Waals surface area contributed by atoms with E-state index in [0.717, 1.165) is 15.6 Å². The van der Waals surface area contributed by atoms with Crippen LogP contribution in [0.3, 0.4) is 0 Å². The molecule has 106 valence electrons. The minimum atomic E-state index is -3.71. The van der Waals surface area contributed by atoms with Crippen molar-refractivity contribution in [1.29, 1.82) is 0 Å². The van der Waals surface area contributed by atoms with Gasteiger partial charge in [0.15, 0.2) is 0 Å². The van der Waals surface area contributed by atoms with Crippen LogP contribution in [0.25, 0.3) is 0 Å². The number of hydrogen-bond acceptors (Lipinski definition) is 4. The Morgan fingerprint density at radius 1 is 1.53 bits per heavy atom. The maximum Gasteiger partial charge on any atom is 0.322 e. The summed E-state index contributed by atoms with van der Waals surface area (Å²) in [5, 5.41) is 11.1. The van der Waals surface area contributed by atoms with Gasteiger partial charge in [-0.3, -0.25) is 4.79 Å². The van der Waals surface area contributed by atoms with Gasteiger partial charge in [0.25, 0.3) is 10.0 Å². The Balaban J connectivity index is 2.45. The molecule has 2 rings (SSSR count). The smallest absolute Gasteiger partial charge is 0.322 e. The highest BCUT2D eigenvalue weighted by atomic mass is 32.2. The van der Waals surface area contributed by atoms with Gasteiger partial charge in [-0.1, -0.05) is 19.9 Å². The zero-order chi connectivity index (χ0) is 14.3. The maximum atomic E-state index is 12.5. The zero-order valence-electron chi connectivity index (χ0n) is 10.9. The molecule has 1 aromatic heterocycles. The van der Waals surface area contributed by atoms with E-state index in [2.05, 4.69) is 0 Å². The Hall–Kier alpha value is -0.920. The quantitative estimate of drug-likeness (QED) is 0.927. The second kappa shape index (κ2) is 4.88. The lowest BCUT2D eigenvalue weighted by Crippen LogP contribution is -2.56. The first kappa shape index (κ1) is 14.5. The van der Waals surface area contributed by atoms with Gasteiger partial charge in [0.05, 0.1) is 0 Å². The van der Waals surface area contributed by atoms with Gasteiger partial charge >= 0.3 is 5.97 Å². The van der Waals surface area contributed by atoms with Gasteiger partial charge in [-0.05, 0) is 29.7 Å². The Labute approximate surface area is 116 Å². The van der Waals surface area contributed by atoms with Crippen molar-refractivity contribution in [3.05, 3.63) is 17.5 Å². The Morgan fingerprint density at radius 2 is 2.21 bits per heavy atom. The second-order valence-electron chi connectivity index (χ2n) is 5.38. The summed E-state index contributed by atoms with van der Waals surface area (Å²) in [6.45, 7) is 3.88. The van der Waals surface area contributed by atoms with E-state index in [-0.39, 0.29) is 10.8 Å². The topological polar surface area (TPSA) is 74.7 Å². The fourth-order valence-electron chi connectivity index (χ4n) is 2.59. The van der Waals surface area contributed by atoms with Crippen LogP contribution in [0.4, 0.5) is 0 Å².